The van der Waals surface area contributed by atoms with Crippen molar-refractivity contribution in [2.45, 2.75) is 44.8 Å². The maximum atomic E-state index is 13.2. The van der Waals surface area contributed by atoms with E-state index in [1.54, 1.807) is 36.5 Å². The zero-order valence-electron chi connectivity index (χ0n) is 21.3. The number of anilines is 1. The van der Waals surface area contributed by atoms with Crippen LogP contribution in [0.15, 0.2) is 60.8 Å². The molecular formula is C29H29ClF3N3O3. The van der Waals surface area contributed by atoms with E-state index in [0.29, 0.717) is 35.8 Å². The standard InChI is InChI=1S/C29H29ClF3N3O3/c1-18-15-20(21-7-11-26(30)34-16-21)6-10-24(18)25(12-13-29(31,32)33)35-23-8-4-19(5-9-23)27(37)36-14-2-3-22(17-36)28(38)39/h4-11,15-16,22,25,35H,2-3,12-14,17H2,1H3,(H,38,39)/t22-,25?/m1/s1. The van der Waals surface area contributed by atoms with Crippen LogP contribution in [0.4, 0.5) is 18.9 Å². The highest BCUT2D eigenvalue weighted by Crippen LogP contribution is 2.33. The van der Waals surface area contributed by atoms with Gasteiger partial charge in [-0.25, -0.2) is 4.98 Å². The Morgan fingerprint density at radius 1 is 1.13 bits per heavy atom. The number of hydrogen-bond acceptors (Lipinski definition) is 4. The number of amides is 1. The van der Waals surface area contributed by atoms with Gasteiger partial charge in [-0.2, -0.15) is 13.2 Å². The fourth-order valence-corrected chi connectivity index (χ4v) is 4.97. The van der Waals surface area contributed by atoms with Crippen LogP contribution >= 0.6 is 11.6 Å². The van der Waals surface area contributed by atoms with Crippen LogP contribution in [-0.4, -0.2) is 46.1 Å². The fraction of sp³-hybridized carbons (Fsp3) is 0.345. The summed E-state index contributed by atoms with van der Waals surface area (Å²) in [4.78, 5) is 29.9. The molecule has 1 saturated heterocycles. The second-order valence-electron chi connectivity index (χ2n) is 9.80. The van der Waals surface area contributed by atoms with E-state index in [9.17, 15) is 27.9 Å². The molecule has 3 aromatic rings. The first-order chi connectivity index (χ1) is 18.5. The molecule has 206 valence electrons. The lowest BCUT2D eigenvalue weighted by Crippen LogP contribution is -2.42. The van der Waals surface area contributed by atoms with Crippen LogP contribution in [0.2, 0.25) is 5.15 Å². The summed E-state index contributed by atoms with van der Waals surface area (Å²) in [6.07, 6.45) is -2.62. The third-order valence-corrected chi connectivity index (χ3v) is 7.18. The molecule has 0 spiro atoms. The maximum Gasteiger partial charge on any atom is 0.389 e. The van der Waals surface area contributed by atoms with Crippen molar-refractivity contribution in [3.8, 4) is 11.1 Å². The molecular weight excluding hydrogens is 531 g/mol. The van der Waals surface area contributed by atoms with Gasteiger partial charge in [-0.15, -0.1) is 0 Å². The Hall–Kier alpha value is -3.59. The second-order valence-corrected chi connectivity index (χ2v) is 10.2. The van der Waals surface area contributed by atoms with Gasteiger partial charge in [0.15, 0.2) is 0 Å². The van der Waals surface area contributed by atoms with Crippen LogP contribution in [0.5, 0.6) is 0 Å². The summed E-state index contributed by atoms with van der Waals surface area (Å²) in [6, 6.07) is 15.0. The van der Waals surface area contributed by atoms with Crippen LogP contribution in [0.25, 0.3) is 11.1 Å². The number of carbonyl (C=O) groups excluding carboxylic acids is 1. The summed E-state index contributed by atoms with van der Waals surface area (Å²) in [5.41, 5.74) is 4.25. The number of halogens is 4. The minimum atomic E-state index is -4.30. The first kappa shape index (κ1) is 28.4. The van der Waals surface area contributed by atoms with Crippen molar-refractivity contribution in [3.05, 3.63) is 82.6 Å². The number of hydrogen-bond donors (Lipinski definition) is 2. The summed E-state index contributed by atoms with van der Waals surface area (Å²) < 4.78 is 39.5. The third-order valence-electron chi connectivity index (χ3n) is 6.95. The van der Waals surface area contributed by atoms with Gasteiger partial charge < -0.3 is 15.3 Å². The summed E-state index contributed by atoms with van der Waals surface area (Å²) >= 11 is 5.88. The highest BCUT2D eigenvalue weighted by Gasteiger charge is 2.30. The fourth-order valence-electron chi connectivity index (χ4n) is 4.86. The van der Waals surface area contributed by atoms with Gasteiger partial charge in [0.1, 0.15) is 5.15 Å². The van der Waals surface area contributed by atoms with Crippen LogP contribution < -0.4 is 5.32 Å². The molecule has 1 aromatic heterocycles. The lowest BCUT2D eigenvalue weighted by atomic mass is 9.93. The van der Waals surface area contributed by atoms with Crippen molar-refractivity contribution < 1.29 is 27.9 Å². The third kappa shape index (κ3) is 7.50. The summed E-state index contributed by atoms with van der Waals surface area (Å²) in [5, 5.41) is 12.9. The average Bonchev–Trinajstić information content (AvgIpc) is 2.91. The molecule has 1 aliphatic rings. The van der Waals surface area contributed by atoms with Gasteiger partial charge >= 0.3 is 12.1 Å². The number of aryl methyl sites for hydroxylation is 1. The topological polar surface area (TPSA) is 82.5 Å². The van der Waals surface area contributed by atoms with Gasteiger partial charge in [0, 0.05) is 42.5 Å². The molecule has 6 nitrogen and oxygen atoms in total. The molecule has 0 bridgehead atoms. The molecule has 2 N–H and O–H groups in total. The summed E-state index contributed by atoms with van der Waals surface area (Å²) in [6.45, 7) is 2.51. The Balaban J connectivity index is 1.52. The molecule has 2 heterocycles. The van der Waals surface area contributed by atoms with Crippen molar-refractivity contribution in [3.63, 3.8) is 0 Å². The normalized spacial score (nSPS) is 16.5. The lowest BCUT2D eigenvalue weighted by molar-refractivity contribution is -0.143. The molecule has 0 saturated carbocycles. The number of nitrogens with one attached hydrogen (secondary N) is 1. The maximum absolute atomic E-state index is 13.2. The van der Waals surface area contributed by atoms with Crippen LogP contribution in [0, 0.1) is 12.8 Å². The van der Waals surface area contributed by atoms with Gasteiger partial charge in [0.05, 0.1) is 12.0 Å². The largest absolute Gasteiger partial charge is 0.481 e. The Bertz CT molecular complexity index is 1310. The van der Waals surface area contributed by atoms with Crippen molar-refractivity contribution >= 4 is 29.2 Å². The predicted molar refractivity (Wildman–Crippen MR) is 144 cm³/mol. The number of carboxylic acids is 1. The minimum absolute atomic E-state index is 0.162. The molecule has 2 aromatic carbocycles. The second kappa shape index (κ2) is 12.1. The molecule has 0 radical (unpaired) electrons. The molecule has 1 fully saturated rings. The molecule has 2 atom stereocenters. The van der Waals surface area contributed by atoms with E-state index in [2.05, 4.69) is 10.3 Å². The monoisotopic (exact) mass is 559 g/mol. The van der Waals surface area contributed by atoms with Crippen LogP contribution in [0.1, 0.15) is 53.2 Å². The molecule has 10 heteroatoms. The van der Waals surface area contributed by atoms with Crippen LogP contribution in [0.3, 0.4) is 0 Å². The average molecular weight is 560 g/mol. The molecule has 1 unspecified atom stereocenters. The Morgan fingerprint density at radius 3 is 2.46 bits per heavy atom. The number of aliphatic carboxylic acids is 1. The first-order valence-electron chi connectivity index (χ1n) is 12.7. The number of benzene rings is 2. The zero-order valence-corrected chi connectivity index (χ0v) is 22.1. The molecule has 1 amide bonds. The number of aromatic nitrogens is 1. The van der Waals surface area contributed by atoms with Crippen LogP contribution in [-0.2, 0) is 4.79 Å². The number of likely N-dealkylation sites (tertiary alicyclic amines) is 1. The Kier molecular flexibility index (Phi) is 8.80. The van der Waals surface area contributed by atoms with Gasteiger partial charge in [-0.1, -0.05) is 29.8 Å². The molecule has 1 aliphatic heterocycles. The first-order valence-corrected chi connectivity index (χ1v) is 13.1. The van der Waals surface area contributed by atoms with E-state index in [1.807, 2.05) is 31.2 Å². The van der Waals surface area contributed by atoms with E-state index in [1.165, 1.54) is 4.90 Å². The van der Waals surface area contributed by atoms with Gasteiger partial charge in [-0.05, 0) is 79.3 Å². The number of nitrogens with zero attached hydrogens (tertiary/aromatic N) is 2. The van der Waals surface area contributed by atoms with E-state index < -0.39 is 30.5 Å². The molecule has 0 aliphatic carbocycles. The number of pyridine rings is 1. The van der Waals surface area contributed by atoms with Gasteiger partial charge in [-0.3, -0.25) is 9.59 Å². The Morgan fingerprint density at radius 2 is 1.85 bits per heavy atom. The minimum Gasteiger partial charge on any atom is -0.481 e. The number of carboxylic acid groups (broad SMARTS) is 1. The van der Waals surface area contributed by atoms with E-state index >= 15 is 0 Å². The van der Waals surface area contributed by atoms with E-state index in [-0.39, 0.29) is 18.9 Å². The summed E-state index contributed by atoms with van der Waals surface area (Å²) in [5.74, 6) is -1.75. The quantitative estimate of drug-likeness (QED) is 0.287. The molecule has 39 heavy (non-hydrogen) atoms. The SMILES string of the molecule is Cc1cc(-c2ccc(Cl)nc2)ccc1C(CCC(F)(F)F)Nc1ccc(C(=O)N2CCC[C@@H](C(=O)O)C2)cc1. The number of carbonyl (C=O) groups is 2. The lowest BCUT2D eigenvalue weighted by Gasteiger charge is -2.30. The smallest absolute Gasteiger partial charge is 0.389 e. The summed E-state index contributed by atoms with van der Waals surface area (Å²) in [7, 11) is 0. The number of rotatable bonds is 8. The Labute approximate surface area is 229 Å². The van der Waals surface area contributed by atoms with E-state index in [0.717, 1.165) is 22.3 Å². The number of alkyl halides is 3. The molecule has 4 rings (SSSR count). The van der Waals surface area contributed by atoms with Crippen molar-refractivity contribution in [2.75, 3.05) is 18.4 Å². The van der Waals surface area contributed by atoms with E-state index in [4.69, 9.17) is 11.6 Å². The van der Waals surface area contributed by atoms with Gasteiger partial charge in [0.2, 0.25) is 0 Å². The number of piperidine rings is 1. The zero-order chi connectivity index (χ0) is 28.2. The van der Waals surface area contributed by atoms with Crippen molar-refractivity contribution in [1.82, 2.24) is 9.88 Å². The van der Waals surface area contributed by atoms with Crippen molar-refractivity contribution in [2.24, 2.45) is 5.92 Å². The van der Waals surface area contributed by atoms with Crippen molar-refractivity contribution in [1.29, 1.82) is 0 Å². The predicted octanol–water partition coefficient (Wildman–Crippen LogP) is 7.14. The van der Waals surface area contributed by atoms with Gasteiger partial charge in [0.25, 0.3) is 5.91 Å². The highest BCUT2D eigenvalue weighted by molar-refractivity contribution is 6.29. The highest BCUT2D eigenvalue weighted by atomic mass is 35.5.